The molecule has 0 radical (unpaired) electrons. The van der Waals surface area contributed by atoms with Crippen molar-refractivity contribution in [2.45, 2.75) is 36.6 Å². The van der Waals surface area contributed by atoms with Crippen molar-refractivity contribution in [2.24, 2.45) is 0 Å². The van der Waals surface area contributed by atoms with Crippen molar-refractivity contribution in [3.8, 4) is 0 Å². The molecule has 0 aliphatic carbocycles. The summed E-state index contributed by atoms with van der Waals surface area (Å²) in [5.74, 6) is 0. The zero-order chi connectivity index (χ0) is 14.8. The van der Waals surface area contributed by atoms with Gasteiger partial charge >= 0.3 is 0 Å². The van der Waals surface area contributed by atoms with Crippen LogP contribution >= 0.6 is 0 Å². The fraction of sp³-hybridized carbons (Fsp3) is 0.538. The first-order chi connectivity index (χ1) is 9.40. The van der Waals surface area contributed by atoms with Crippen LogP contribution in [0.5, 0.6) is 0 Å². The molecule has 1 aromatic carbocycles. The van der Waals surface area contributed by atoms with Crippen LogP contribution in [0.2, 0.25) is 0 Å². The average Bonchev–Trinajstić information content (AvgIpc) is 2.41. The molecule has 0 amide bonds. The van der Waals surface area contributed by atoms with Crippen molar-refractivity contribution in [3.05, 3.63) is 29.8 Å². The van der Waals surface area contributed by atoms with E-state index in [0.29, 0.717) is 13.0 Å². The van der Waals surface area contributed by atoms with Crippen molar-refractivity contribution in [3.63, 3.8) is 0 Å². The van der Waals surface area contributed by atoms with E-state index in [9.17, 15) is 18.6 Å². The second-order valence-corrected chi connectivity index (χ2v) is 6.69. The maximum Gasteiger partial charge on any atom is 0.240 e. The Balaban J connectivity index is 2.00. The molecule has 20 heavy (non-hydrogen) atoms. The van der Waals surface area contributed by atoms with Crippen LogP contribution in [0.15, 0.2) is 29.2 Å². The predicted octanol–water partition coefficient (Wildman–Crippen LogP) is -0.216. The van der Waals surface area contributed by atoms with Gasteiger partial charge in [0.15, 0.2) is 0 Å². The minimum atomic E-state index is -3.64. The summed E-state index contributed by atoms with van der Waals surface area (Å²) in [7, 11) is -3.64. The Kier molecular flexibility index (Phi) is 4.77. The van der Waals surface area contributed by atoms with Crippen LogP contribution in [0.3, 0.4) is 0 Å². The number of aliphatic hydroxyl groups excluding tert-OH is 2. The van der Waals surface area contributed by atoms with E-state index in [4.69, 9.17) is 4.74 Å². The van der Waals surface area contributed by atoms with E-state index in [1.54, 1.807) is 12.1 Å². The van der Waals surface area contributed by atoms with E-state index in [1.165, 1.54) is 12.1 Å². The van der Waals surface area contributed by atoms with Gasteiger partial charge in [0.05, 0.1) is 17.1 Å². The van der Waals surface area contributed by atoms with E-state index in [-0.39, 0.29) is 11.4 Å². The molecule has 3 N–H and O–H groups in total. The number of ether oxygens (including phenoxy) is 1. The largest absolute Gasteiger partial charge is 0.390 e. The molecule has 112 valence electrons. The summed E-state index contributed by atoms with van der Waals surface area (Å²) < 4.78 is 31.8. The molecule has 0 unspecified atom stereocenters. The van der Waals surface area contributed by atoms with Gasteiger partial charge in [-0.1, -0.05) is 17.7 Å². The Labute approximate surface area is 118 Å². The van der Waals surface area contributed by atoms with Crippen molar-refractivity contribution in [1.29, 1.82) is 0 Å². The first-order valence-corrected chi connectivity index (χ1v) is 7.92. The number of hydrogen-bond donors (Lipinski definition) is 3. The number of rotatable bonds is 4. The Bertz CT molecular complexity index is 542. The summed E-state index contributed by atoms with van der Waals surface area (Å²) in [5, 5.41) is 19.2. The molecule has 3 atom stereocenters. The number of sulfonamides is 1. The third kappa shape index (κ3) is 3.56. The summed E-state index contributed by atoms with van der Waals surface area (Å²) in [6, 6.07) is 6.46. The Morgan fingerprint density at radius 3 is 2.60 bits per heavy atom. The predicted molar refractivity (Wildman–Crippen MR) is 72.7 cm³/mol. The van der Waals surface area contributed by atoms with Gasteiger partial charge in [-0.25, -0.2) is 13.1 Å². The highest BCUT2D eigenvalue weighted by Crippen LogP contribution is 2.15. The molecule has 2 rings (SSSR count). The first-order valence-electron chi connectivity index (χ1n) is 6.44. The standard InChI is InChI=1S/C13H19NO5S/c1-9-2-4-10(5-3-9)20(17,18)14-8-12-13(16)11(15)6-7-19-12/h2-5,11-16H,6-8H2,1H3/t11-,12-,13+/m1/s1. The van der Waals surface area contributed by atoms with Crippen molar-refractivity contribution < 1.29 is 23.4 Å². The lowest BCUT2D eigenvalue weighted by Crippen LogP contribution is -2.49. The fourth-order valence-electron chi connectivity index (χ4n) is 2.03. The number of nitrogens with one attached hydrogen (secondary N) is 1. The van der Waals surface area contributed by atoms with Crippen LogP contribution in [-0.4, -0.2) is 50.1 Å². The third-order valence-corrected chi connectivity index (χ3v) is 4.77. The molecule has 1 heterocycles. The van der Waals surface area contributed by atoms with E-state index >= 15 is 0 Å². The lowest BCUT2D eigenvalue weighted by atomic mass is 10.0. The minimum Gasteiger partial charge on any atom is -0.390 e. The van der Waals surface area contributed by atoms with Crippen molar-refractivity contribution in [2.75, 3.05) is 13.2 Å². The van der Waals surface area contributed by atoms with Crippen LogP contribution < -0.4 is 4.72 Å². The topological polar surface area (TPSA) is 95.9 Å². The third-order valence-electron chi connectivity index (χ3n) is 3.33. The highest BCUT2D eigenvalue weighted by molar-refractivity contribution is 7.89. The first kappa shape index (κ1) is 15.4. The highest BCUT2D eigenvalue weighted by Gasteiger charge is 2.32. The number of aryl methyl sites for hydroxylation is 1. The number of aliphatic hydroxyl groups is 2. The molecule has 1 aliphatic rings. The van der Waals surface area contributed by atoms with E-state index in [0.717, 1.165) is 5.56 Å². The normalized spacial score (nSPS) is 27.4. The maximum absolute atomic E-state index is 12.1. The van der Waals surface area contributed by atoms with Crippen LogP contribution in [-0.2, 0) is 14.8 Å². The van der Waals surface area contributed by atoms with Gasteiger partial charge in [-0.2, -0.15) is 0 Å². The van der Waals surface area contributed by atoms with Crippen LogP contribution in [0.4, 0.5) is 0 Å². The molecule has 1 aromatic rings. The van der Waals surface area contributed by atoms with Crippen molar-refractivity contribution in [1.82, 2.24) is 4.72 Å². The summed E-state index contributed by atoms with van der Waals surface area (Å²) in [4.78, 5) is 0.161. The van der Waals surface area contributed by atoms with E-state index in [1.807, 2.05) is 6.92 Å². The van der Waals surface area contributed by atoms with E-state index in [2.05, 4.69) is 4.72 Å². The summed E-state index contributed by atoms with van der Waals surface area (Å²) in [5.41, 5.74) is 0.970. The van der Waals surface area contributed by atoms with Gasteiger partial charge in [-0.05, 0) is 25.5 Å². The number of hydrogen-bond acceptors (Lipinski definition) is 5. The second-order valence-electron chi connectivity index (χ2n) is 4.92. The van der Waals surface area contributed by atoms with Gasteiger partial charge in [-0.3, -0.25) is 0 Å². The monoisotopic (exact) mass is 301 g/mol. The highest BCUT2D eigenvalue weighted by atomic mass is 32.2. The molecule has 0 spiro atoms. The summed E-state index contributed by atoms with van der Waals surface area (Å²) in [6.45, 7) is 2.10. The molecular formula is C13H19NO5S. The molecule has 6 nitrogen and oxygen atoms in total. The molecule has 1 fully saturated rings. The Morgan fingerprint density at radius 2 is 1.95 bits per heavy atom. The van der Waals surface area contributed by atoms with Crippen molar-refractivity contribution >= 4 is 10.0 Å². The van der Waals surface area contributed by atoms with E-state index < -0.39 is 28.3 Å². The van der Waals surface area contributed by atoms with Crippen LogP contribution in [0.25, 0.3) is 0 Å². The molecule has 0 aromatic heterocycles. The van der Waals surface area contributed by atoms with Gasteiger partial charge < -0.3 is 14.9 Å². The van der Waals surface area contributed by atoms with Gasteiger partial charge in [0, 0.05) is 13.2 Å². The second kappa shape index (κ2) is 6.19. The summed E-state index contributed by atoms with van der Waals surface area (Å²) >= 11 is 0. The molecule has 1 aliphatic heterocycles. The average molecular weight is 301 g/mol. The van der Waals surface area contributed by atoms with Gasteiger partial charge in [0.2, 0.25) is 10.0 Å². The van der Waals surface area contributed by atoms with Gasteiger partial charge in [0.25, 0.3) is 0 Å². The van der Waals surface area contributed by atoms with Gasteiger partial charge in [-0.15, -0.1) is 0 Å². The molecule has 7 heteroatoms. The quantitative estimate of drug-likeness (QED) is 0.715. The Morgan fingerprint density at radius 1 is 1.30 bits per heavy atom. The Hall–Kier alpha value is -0.990. The summed E-state index contributed by atoms with van der Waals surface area (Å²) in [6.07, 6.45) is -2.34. The lowest BCUT2D eigenvalue weighted by molar-refractivity contribution is -0.131. The smallest absolute Gasteiger partial charge is 0.240 e. The van der Waals surface area contributed by atoms with Gasteiger partial charge in [0.1, 0.15) is 6.10 Å². The molecule has 1 saturated heterocycles. The van der Waals surface area contributed by atoms with Crippen LogP contribution in [0, 0.1) is 6.92 Å². The maximum atomic E-state index is 12.1. The lowest BCUT2D eigenvalue weighted by Gasteiger charge is -2.31. The number of benzene rings is 1. The molecular weight excluding hydrogens is 282 g/mol. The SMILES string of the molecule is Cc1ccc(S(=O)(=O)NC[C@H]2OCC[C@@H](O)[C@@H]2O)cc1. The zero-order valence-electron chi connectivity index (χ0n) is 11.2. The minimum absolute atomic E-state index is 0.0750. The fourth-order valence-corrected chi connectivity index (χ4v) is 3.07. The molecule has 0 bridgehead atoms. The zero-order valence-corrected chi connectivity index (χ0v) is 12.0. The van der Waals surface area contributed by atoms with Crippen LogP contribution in [0.1, 0.15) is 12.0 Å². The molecule has 0 saturated carbocycles.